The summed E-state index contributed by atoms with van der Waals surface area (Å²) in [7, 11) is 1.72. The lowest BCUT2D eigenvalue weighted by Crippen LogP contribution is -2.33. The molecule has 3 unspecified atom stereocenters. The molecule has 1 N–H and O–H groups in total. The second kappa shape index (κ2) is 8.16. The lowest BCUT2D eigenvalue weighted by atomic mass is 9.73. The van der Waals surface area contributed by atoms with E-state index in [0.29, 0.717) is 18.4 Å². The number of ether oxygens (including phenoxy) is 1. The van der Waals surface area contributed by atoms with Gasteiger partial charge in [0.2, 0.25) is 0 Å². The summed E-state index contributed by atoms with van der Waals surface area (Å²) < 4.78 is 7.24. The molecule has 1 aliphatic rings. The van der Waals surface area contributed by atoms with Crippen molar-refractivity contribution >= 4 is 11.6 Å². The van der Waals surface area contributed by atoms with Gasteiger partial charge < -0.3 is 10.1 Å². The van der Waals surface area contributed by atoms with E-state index in [4.69, 9.17) is 16.3 Å². The molecular weight excluding hydrogens is 286 g/mol. The monoisotopic (exact) mass is 313 g/mol. The Balaban J connectivity index is 2.20. The first-order valence-electron chi connectivity index (χ1n) is 8.08. The normalized spacial score (nSPS) is 26.2. The molecule has 1 saturated carbocycles. The Morgan fingerprint density at radius 2 is 2.29 bits per heavy atom. The van der Waals surface area contributed by atoms with Crippen LogP contribution < -0.4 is 5.32 Å². The van der Waals surface area contributed by atoms with Crippen LogP contribution in [0.25, 0.3) is 0 Å². The van der Waals surface area contributed by atoms with Crippen molar-refractivity contribution in [2.45, 2.75) is 45.6 Å². The van der Waals surface area contributed by atoms with Gasteiger partial charge in [0.1, 0.15) is 0 Å². The lowest BCUT2D eigenvalue weighted by Gasteiger charge is -2.35. The van der Waals surface area contributed by atoms with Crippen LogP contribution in [0.5, 0.6) is 0 Å². The van der Waals surface area contributed by atoms with Crippen molar-refractivity contribution in [3.8, 4) is 0 Å². The first-order valence-corrected chi connectivity index (χ1v) is 8.46. The minimum Gasteiger partial charge on any atom is -0.383 e. The summed E-state index contributed by atoms with van der Waals surface area (Å²) in [6.45, 7) is 8.05. The van der Waals surface area contributed by atoms with Crippen LogP contribution >= 0.6 is 11.6 Å². The fourth-order valence-electron chi connectivity index (χ4n) is 3.45. The van der Waals surface area contributed by atoms with Crippen LogP contribution in [0.4, 0.5) is 0 Å². The van der Waals surface area contributed by atoms with Crippen LogP contribution in [0, 0.1) is 11.8 Å². The summed E-state index contributed by atoms with van der Waals surface area (Å²) in [5.74, 6) is 1.91. The third-order valence-corrected chi connectivity index (χ3v) is 4.90. The molecule has 0 aromatic carbocycles. The molecular formula is C16H28ClN3O. The Labute approximate surface area is 133 Å². The SMILES string of the molecule is CCNCC1CCC(C)CC1c1c(Cl)cnn1CCOC. The van der Waals surface area contributed by atoms with E-state index >= 15 is 0 Å². The summed E-state index contributed by atoms with van der Waals surface area (Å²) in [6, 6.07) is 0. The summed E-state index contributed by atoms with van der Waals surface area (Å²) in [6.07, 6.45) is 5.57. The molecule has 1 fully saturated rings. The minimum absolute atomic E-state index is 0.500. The Kier molecular flexibility index (Phi) is 6.52. The third kappa shape index (κ3) is 4.21. The topological polar surface area (TPSA) is 39.1 Å². The van der Waals surface area contributed by atoms with E-state index in [2.05, 4.69) is 24.3 Å². The average Bonchev–Trinajstić information content (AvgIpc) is 2.84. The van der Waals surface area contributed by atoms with Gasteiger partial charge in [0.05, 0.1) is 30.1 Å². The molecule has 0 spiro atoms. The van der Waals surface area contributed by atoms with E-state index in [-0.39, 0.29) is 0 Å². The van der Waals surface area contributed by atoms with E-state index in [0.717, 1.165) is 30.6 Å². The van der Waals surface area contributed by atoms with Crippen LogP contribution in [0.15, 0.2) is 6.20 Å². The van der Waals surface area contributed by atoms with Gasteiger partial charge in [-0.3, -0.25) is 4.68 Å². The maximum absolute atomic E-state index is 6.46. The highest BCUT2D eigenvalue weighted by atomic mass is 35.5. The molecule has 120 valence electrons. The van der Waals surface area contributed by atoms with Crippen LogP contribution in [0.2, 0.25) is 5.02 Å². The Morgan fingerprint density at radius 1 is 1.48 bits per heavy atom. The molecule has 0 bridgehead atoms. The van der Waals surface area contributed by atoms with Crippen molar-refractivity contribution in [2.75, 3.05) is 26.8 Å². The second-order valence-electron chi connectivity index (χ2n) is 6.19. The van der Waals surface area contributed by atoms with Crippen molar-refractivity contribution < 1.29 is 4.74 Å². The van der Waals surface area contributed by atoms with Gasteiger partial charge in [-0.15, -0.1) is 0 Å². The van der Waals surface area contributed by atoms with Gasteiger partial charge in [-0.2, -0.15) is 5.10 Å². The molecule has 3 atom stereocenters. The van der Waals surface area contributed by atoms with Crippen LogP contribution in [0.1, 0.15) is 44.7 Å². The largest absolute Gasteiger partial charge is 0.383 e. The maximum atomic E-state index is 6.46. The number of hydrogen-bond acceptors (Lipinski definition) is 3. The number of rotatable bonds is 7. The molecule has 0 radical (unpaired) electrons. The van der Waals surface area contributed by atoms with Crippen molar-refractivity contribution in [1.29, 1.82) is 0 Å². The summed E-state index contributed by atoms with van der Waals surface area (Å²) >= 11 is 6.46. The van der Waals surface area contributed by atoms with Crippen LogP contribution in [0.3, 0.4) is 0 Å². The van der Waals surface area contributed by atoms with E-state index < -0.39 is 0 Å². The van der Waals surface area contributed by atoms with Crippen molar-refractivity contribution in [1.82, 2.24) is 15.1 Å². The van der Waals surface area contributed by atoms with Gasteiger partial charge in [0, 0.05) is 13.0 Å². The summed E-state index contributed by atoms with van der Waals surface area (Å²) in [5, 5.41) is 8.77. The zero-order chi connectivity index (χ0) is 15.2. The van der Waals surface area contributed by atoms with Gasteiger partial charge >= 0.3 is 0 Å². The van der Waals surface area contributed by atoms with E-state index in [9.17, 15) is 0 Å². The molecule has 1 heterocycles. The van der Waals surface area contributed by atoms with Crippen molar-refractivity contribution in [3.63, 3.8) is 0 Å². The highest BCUT2D eigenvalue weighted by Crippen LogP contribution is 2.42. The molecule has 21 heavy (non-hydrogen) atoms. The Hall–Kier alpha value is -0.580. The van der Waals surface area contributed by atoms with Gasteiger partial charge in [0.25, 0.3) is 0 Å². The number of nitrogens with zero attached hydrogens (tertiary/aromatic N) is 2. The number of nitrogens with one attached hydrogen (secondary N) is 1. The third-order valence-electron chi connectivity index (χ3n) is 4.60. The zero-order valence-corrected chi connectivity index (χ0v) is 14.2. The predicted octanol–water partition coefficient (Wildman–Crippen LogP) is 3.31. The standard InChI is InChI=1S/C16H28ClN3O/c1-4-18-10-13-6-5-12(2)9-14(13)16-15(17)11-19-20(16)7-8-21-3/h11-14,18H,4-10H2,1-3H3. The van der Waals surface area contributed by atoms with Gasteiger partial charge in [-0.1, -0.05) is 31.9 Å². The molecule has 1 aromatic rings. The molecule has 1 aliphatic carbocycles. The average molecular weight is 314 g/mol. The fourth-order valence-corrected chi connectivity index (χ4v) is 3.73. The van der Waals surface area contributed by atoms with Crippen LogP contribution in [-0.2, 0) is 11.3 Å². The van der Waals surface area contributed by atoms with E-state index in [1.165, 1.54) is 25.0 Å². The van der Waals surface area contributed by atoms with Gasteiger partial charge in [-0.25, -0.2) is 0 Å². The Morgan fingerprint density at radius 3 is 3.00 bits per heavy atom. The molecule has 5 heteroatoms. The Bertz CT molecular complexity index is 433. The van der Waals surface area contributed by atoms with Gasteiger partial charge in [0.15, 0.2) is 0 Å². The van der Waals surface area contributed by atoms with Gasteiger partial charge in [-0.05, 0) is 37.8 Å². The van der Waals surface area contributed by atoms with E-state index in [1.54, 1.807) is 13.3 Å². The molecule has 0 aliphatic heterocycles. The zero-order valence-electron chi connectivity index (χ0n) is 13.4. The molecule has 4 nitrogen and oxygen atoms in total. The van der Waals surface area contributed by atoms with Crippen LogP contribution in [-0.4, -0.2) is 36.6 Å². The highest BCUT2D eigenvalue weighted by Gasteiger charge is 2.33. The maximum Gasteiger partial charge on any atom is 0.0820 e. The molecule has 2 rings (SSSR count). The molecule has 1 aromatic heterocycles. The smallest absolute Gasteiger partial charge is 0.0820 e. The highest BCUT2D eigenvalue weighted by molar-refractivity contribution is 6.31. The number of methoxy groups -OCH3 is 1. The first-order chi connectivity index (χ1) is 10.2. The lowest BCUT2D eigenvalue weighted by molar-refractivity contribution is 0.177. The summed E-state index contributed by atoms with van der Waals surface area (Å²) in [4.78, 5) is 0. The van der Waals surface area contributed by atoms with E-state index in [1.807, 2.05) is 4.68 Å². The fraction of sp³-hybridized carbons (Fsp3) is 0.812. The first kappa shape index (κ1) is 16.8. The number of halogens is 1. The number of aromatic nitrogens is 2. The number of hydrogen-bond donors (Lipinski definition) is 1. The van der Waals surface area contributed by atoms with Crippen molar-refractivity contribution in [2.24, 2.45) is 11.8 Å². The minimum atomic E-state index is 0.500. The molecule has 0 saturated heterocycles. The second-order valence-corrected chi connectivity index (χ2v) is 6.59. The summed E-state index contributed by atoms with van der Waals surface area (Å²) in [5.41, 5.74) is 1.21. The quantitative estimate of drug-likeness (QED) is 0.839. The van der Waals surface area contributed by atoms with Crippen molar-refractivity contribution in [3.05, 3.63) is 16.9 Å². The molecule has 0 amide bonds. The predicted molar refractivity (Wildman–Crippen MR) is 86.9 cm³/mol.